The van der Waals surface area contributed by atoms with Crippen LogP contribution in [-0.2, 0) is 4.79 Å². The van der Waals surface area contributed by atoms with Crippen molar-refractivity contribution in [3.8, 4) is 11.3 Å². The third-order valence-electron chi connectivity index (χ3n) is 4.68. The first-order valence-corrected chi connectivity index (χ1v) is 11.2. The molecule has 2 aromatic heterocycles. The van der Waals surface area contributed by atoms with E-state index in [0.29, 0.717) is 22.6 Å². The molecule has 0 aliphatic rings. The van der Waals surface area contributed by atoms with Crippen molar-refractivity contribution in [1.82, 2.24) is 10.7 Å². The maximum atomic E-state index is 12.8. The number of carbonyl (C=O) groups is 2. The van der Waals surface area contributed by atoms with Gasteiger partial charge in [0.05, 0.1) is 11.1 Å². The highest BCUT2D eigenvalue weighted by molar-refractivity contribution is 7.10. The summed E-state index contributed by atoms with van der Waals surface area (Å²) in [5, 5.41) is 19.4. The molecule has 0 aliphatic carbocycles. The van der Waals surface area contributed by atoms with Gasteiger partial charge < -0.3 is 9.73 Å². The van der Waals surface area contributed by atoms with E-state index in [2.05, 4.69) is 15.8 Å². The zero-order valence-corrected chi connectivity index (χ0v) is 18.9. The number of benzene rings is 2. The number of rotatable bonds is 8. The van der Waals surface area contributed by atoms with Gasteiger partial charge in [-0.15, -0.1) is 11.3 Å². The molecular weight excluding hydrogens is 468 g/mol. The largest absolute Gasteiger partial charge is 0.455 e. The summed E-state index contributed by atoms with van der Waals surface area (Å²) in [6, 6.07) is 21.5. The normalized spacial score (nSPS) is 11.4. The average Bonchev–Trinajstić information content (AvgIpc) is 3.56. The van der Waals surface area contributed by atoms with Crippen LogP contribution in [0, 0.1) is 10.1 Å². The minimum atomic E-state index is -0.621. The monoisotopic (exact) mass is 486 g/mol. The number of nitrogens with zero attached hydrogens (tertiary/aromatic N) is 2. The lowest BCUT2D eigenvalue weighted by Crippen LogP contribution is -2.32. The molecule has 0 unspecified atom stereocenters. The number of nitrogens with one attached hydrogen (secondary N) is 2. The first kappa shape index (κ1) is 23.3. The smallest absolute Gasteiger partial charge is 0.287 e. The number of hydrogen-bond acceptors (Lipinski definition) is 7. The van der Waals surface area contributed by atoms with Crippen molar-refractivity contribution < 1.29 is 18.9 Å². The Kier molecular flexibility index (Phi) is 7.24. The van der Waals surface area contributed by atoms with E-state index in [1.807, 2.05) is 17.5 Å². The van der Waals surface area contributed by atoms with Crippen LogP contribution in [0.15, 0.2) is 99.5 Å². The zero-order valence-electron chi connectivity index (χ0n) is 18.1. The molecule has 0 radical (unpaired) electrons. The predicted molar refractivity (Wildman–Crippen MR) is 133 cm³/mol. The van der Waals surface area contributed by atoms with E-state index in [-0.39, 0.29) is 11.4 Å². The highest BCUT2D eigenvalue weighted by Gasteiger charge is 2.15. The zero-order chi connectivity index (χ0) is 24.6. The molecule has 174 valence electrons. The Balaban J connectivity index is 1.46. The standard InChI is InChI=1S/C25H18N4O5S/c30-24(17-6-2-1-3-7-17)27-22(15-21-10-5-13-35-21)25(31)28-26-16-20-11-12-23(34-20)18-8-4-9-19(14-18)29(32)33/h1-16H,(H,27,30)(H,28,31)/b22-15-,26-16+. The van der Waals surface area contributed by atoms with Crippen LogP contribution in [0.3, 0.4) is 0 Å². The molecular formula is C25H18N4O5S. The molecule has 0 spiro atoms. The van der Waals surface area contributed by atoms with Crippen molar-refractivity contribution in [3.05, 3.63) is 116 Å². The molecule has 0 fully saturated rings. The first-order valence-electron chi connectivity index (χ1n) is 10.3. The van der Waals surface area contributed by atoms with E-state index in [0.717, 1.165) is 4.88 Å². The molecule has 0 bridgehead atoms. The van der Waals surface area contributed by atoms with Crippen LogP contribution < -0.4 is 10.7 Å². The lowest BCUT2D eigenvalue weighted by molar-refractivity contribution is -0.384. The van der Waals surface area contributed by atoms with Gasteiger partial charge in [0.15, 0.2) is 0 Å². The third kappa shape index (κ3) is 6.15. The van der Waals surface area contributed by atoms with Gasteiger partial charge >= 0.3 is 0 Å². The molecule has 35 heavy (non-hydrogen) atoms. The Hall–Kier alpha value is -4.83. The van der Waals surface area contributed by atoms with E-state index in [1.165, 1.54) is 29.7 Å². The quantitative estimate of drug-likeness (QED) is 0.159. The summed E-state index contributed by atoms with van der Waals surface area (Å²) in [5.41, 5.74) is 3.29. The van der Waals surface area contributed by atoms with E-state index >= 15 is 0 Å². The second-order valence-corrected chi connectivity index (χ2v) is 8.08. The van der Waals surface area contributed by atoms with Crippen molar-refractivity contribution in [3.63, 3.8) is 0 Å². The van der Waals surface area contributed by atoms with Gasteiger partial charge in [0.1, 0.15) is 17.2 Å². The lowest BCUT2D eigenvalue weighted by atomic mass is 10.1. The van der Waals surface area contributed by atoms with Crippen LogP contribution in [0.25, 0.3) is 17.4 Å². The van der Waals surface area contributed by atoms with Gasteiger partial charge in [-0.3, -0.25) is 19.7 Å². The molecule has 2 N–H and O–H groups in total. The van der Waals surface area contributed by atoms with Crippen LogP contribution in [0.4, 0.5) is 5.69 Å². The molecule has 0 aliphatic heterocycles. The Labute approximate surface area is 203 Å². The van der Waals surface area contributed by atoms with Crippen LogP contribution >= 0.6 is 11.3 Å². The van der Waals surface area contributed by atoms with Crippen LogP contribution in [-0.4, -0.2) is 23.0 Å². The van der Waals surface area contributed by atoms with Crippen molar-refractivity contribution in [2.75, 3.05) is 0 Å². The second-order valence-electron chi connectivity index (χ2n) is 7.10. The number of hydrazone groups is 1. The molecule has 4 aromatic rings. The van der Waals surface area contributed by atoms with Crippen molar-refractivity contribution in [2.24, 2.45) is 5.10 Å². The number of nitro groups is 1. The molecule has 10 heteroatoms. The van der Waals surface area contributed by atoms with Gasteiger partial charge in [-0.2, -0.15) is 5.10 Å². The second kappa shape index (κ2) is 10.9. The summed E-state index contributed by atoms with van der Waals surface area (Å²) >= 11 is 1.41. The number of non-ortho nitro benzene ring substituents is 1. The van der Waals surface area contributed by atoms with Crippen LogP contribution in [0.5, 0.6) is 0 Å². The molecule has 0 saturated heterocycles. The highest BCUT2D eigenvalue weighted by atomic mass is 32.1. The maximum Gasteiger partial charge on any atom is 0.287 e. The molecule has 0 saturated carbocycles. The van der Waals surface area contributed by atoms with Gasteiger partial charge in [-0.05, 0) is 41.8 Å². The average molecular weight is 487 g/mol. The summed E-state index contributed by atoms with van der Waals surface area (Å²) in [5.74, 6) is -0.316. The van der Waals surface area contributed by atoms with Gasteiger partial charge in [-0.25, -0.2) is 5.43 Å². The Bertz CT molecular complexity index is 1410. The molecule has 0 atom stereocenters. The van der Waals surface area contributed by atoms with Gasteiger partial charge in [0.2, 0.25) is 0 Å². The van der Waals surface area contributed by atoms with E-state index < -0.39 is 16.7 Å². The Morgan fingerprint density at radius 3 is 2.57 bits per heavy atom. The summed E-state index contributed by atoms with van der Waals surface area (Å²) in [4.78, 5) is 36.6. The molecule has 9 nitrogen and oxygen atoms in total. The summed E-state index contributed by atoms with van der Waals surface area (Å²) in [7, 11) is 0. The number of furan rings is 1. The minimum Gasteiger partial charge on any atom is -0.455 e. The fourth-order valence-electron chi connectivity index (χ4n) is 3.02. The van der Waals surface area contributed by atoms with Crippen molar-refractivity contribution in [1.29, 1.82) is 0 Å². The van der Waals surface area contributed by atoms with Crippen molar-refractivity contribution >= 4 is 41.1 Å². The minimum absolute atomic E-state index is 0.0233. The fraction of sp³-hybridized carbons (Fsp3) is 0. The van der Waals surface area contributed by atoms with E-state index in [9.17, 15) is 19.7 Å². The number of carbonyl (C=O) groups excluding carboxylic acids is 2. The summed E-state index contributed by atoms with van der Waals surface area (Å²) < 4.78 is 5.65. The molecule has 2 amide bonds. The van der Waals surface area contributed by atoms with Crippen molar-refractivity contribution in [2.45, 2.75) is 0 Å². The number of amides is 2. The van der Waals surface area contributed by atoms with Crippen LogP contribution in [0.2, 0.25) is 0 Å². The highest BCUT2D eigenvalue weighted by Crippen LogP contribution is 2.25. The topological polar surface area (TPSA) is 127 Å². The summed E-state index contributed by atoms with van der Waals surface area (Å²) in [6.07, 6.45) is 2.85. The number of nitro benzene ring substituents is 1. The Morgan fingerprint density at radius 2 is 1.83 bits per heavy atom. The SMILES string of the molecule is O=C(N/N=C/c1ccc(-c2cccc([N+](=O)[O-])c2)o1)/C(=C/c1cccs1)NC(=O)c1ccccc1. The van der Waals surface area contributed by atoms with Gasteiger partial charge in [0, 0.05) is 28.1 Å². The summed E-state index contributed by atoms with van der Waals surface area (Å²) in [6.45, 7) is 0. The Morgan fingerprint density at radius 1 is 1.00 bits per heavy atom. The van der Waals surface area contributed by atoms with Crippen LogP contribution in [0.1, 0.15) is 21.0 Å². The number of thiophene rings is 1. The third-order valence-corrected chi connectivity index (χ3v) is 5.50. The predicted octanol–water partition coefficient (Wildman–Crippen LogP) is 4.84. The first-order chi connectivity index (χ1) is 17.0. The van der Waals surface area contributed by atoms with Gasteiger partial charge in [0.25, 0.3) is 17.5 Å². The maximum absolute atomic E-state index is 12.8. The molecule has 2 aromatic carbocycles. The van der Waals surface area contributed by atoms with E-state index in [4.69, 9.17) is 4.42 Å². The lowest BCUT2D eigenvalue weighted by Gasteiger charge is -2.08. The number of hydrogen-bond donors (Lipinski definition) is 2. The van der Waals surface area contributed by atoms with E-state index in [1.54, 1.807) is 60.7 Å². The molecule has 2 heterocycles. The molecule has 4 rings (SSSR count). The van der Waals surface area contributed by atoms with Gasteiger partial charge in [-0.1, -0.05) is 36.4 Å². The fourth-order valence-corrected chi connectivity index (χ4v) is 3.68.